The Morgan fingerprint density at radius 2 is 2.05 bits per heavy atom. The molecule has 1 atom stereocenters. The smallest absolute Gasteiger partial charge is 0.303 e. The molecule has 0 fully saturated rings. The SMILES string of the molecule is O=C(O)CCC(Cc1ccccc1)NC(=O)c1cscn1. The summed E-state index contributed by atoms with van der Waals surface area (Å²) in [5.74, 6) is -1.13. The van der Waals surface area contributed by atoms with Gasteiger partial charge in [0.1, 0.15) is 5.69 Å². The van der Waals surface area contributed by atoms with Gasteiger partial charge in [0.2, 0.25) is 0 Å². The van der Waals surface area contributed by atoms with Crippen molar-refractivity contribution in [2.75, 3.05) is 0 Å². The predicted octanol–water partition coefficient (Wildman–Crippen LogP) is 2.35. The van der Waals surface area contributed by atoms with E-state index in [1.807, 2.05) is 30.3 Å². The second-order valence-electron chi connectivity index (χ2n) is 4.67. The van der Waals surface area contributed by atoms with Crippen molar-refractivity contribution in [3.8, 4) is 0 Å². The lowest BCUT2D eigenvalue weighted by molar-refractivity contribution is -0.137. The van der Waals surface area contributed by atoms with Crippen LogP contribution in [0.25, 0.3) is 0 Å². The van der Waals surface area contributed by atoms with Crippen molar-refractivity contribution in [2.45, 2.75) is 25.3 Å². The maximum atomic E-state index is 12.0. The summed E-state index contributed by atoms with van der Waals surface area (Å²) < 4.78 is 0. The van der Waals surface area contributed by atoms with Crippen molar-refractivity contribution in [1.29, 1.82) is 0 Å². The van der Waals surface area contributed by atoms with E-state index in [1.54, 1.807) is 10.9 Å². The van der Waals surface area contributed by atoms with Gasteiger partial charge in [-0.1, -0.05) is 30.3 Å². The highest BCUT2D eigenvalue weighted by Gasteiger charge is 2.16. The number of nitrogens with one attached hydrogen (secondary N) is 1. The summed E-state index contributed by atoms with van der Waals surface area (Å²) in [6, 6.07) is 9.46. The fourth-order valence-electron chi connectivity index (χ4n) is 2.01. The number of hydrogen-bond acceptors (Lipinski definition) is 4. The summed E-state index contributed by atoms with van der Waals surface area (Å²) in [7, 11) is 0. The Balaban J connectivity index is 2.01. The van der Waals surface area contributed by atoms with Gasteiger partial charge < -0.3 is 10.4 Å². The lowest BCUT2D eigenvalue weighted by Gasteiger charge is -2.17. The van der Waals surface area contributed by atoms with Crippen LogP contribution in [0.4, 0.5) is 0 Å². The second-order valence-corrected chi connectivity index (χ2v) is 5.38. The van der Waals surface area contributed by atoms with Gasteiger partial charge in [-0.05, 0) is 18.4 Å². The van der Waals surface area contributed by atoms with Crippen LogP contribution in [-0.4, -0.2) is 28.0 Å². The molecule has 1 aromatic heterocycles. The number of aliphatic carboxylic acids is 1. The van der Waals surface area contributed by atoms with Crippen molar-refractivity contribution < 1.29 is 14.7 Å². The number of rotatable bonds is 7. The average molecular weight is 304 g/mol. The fraction of sp³-hybridized carbons (Fsp3) is 0.267. The molecule has 1 aromatic carbocycles. The number of aromatic nitrogens is 1. The number of benzene rings is 1. The summed E-state index contributed by atoms with van der Waals surface area (Å²) >= 11 is 1.35. The van der Waals surface area contributed by atoms with E-state index in [4.69, 9.17) is 5.11 Å². The van der Waals surface area contributed by atoms with E-state index in [-0.39, 0.29) is 18.4 Å². The van der Waals surface area contributed by atoms with E-state index in [2.05, 4.69) is 10.3 Å². The Hall–Kier alpha value is -2.21. The standard InChI is InChI=1S/C15H16N2O3S/c18-14(19)7-6-12(8-11-4-2-1-3-5-11)17-15(20)13-9-21-10-16-13/h1-5,9-10,12H,6-8H2,(H,17,20)(H,18,19). The van der Waals surface area contributed by atoms with E-state index in [0.717, 1.165) is 5.56 Å². The molecular formula is C15H16N2O3S. The summed E-state index contributed by atoms with van der Waals surface area (Å²) in [4.78, 5) is 26.7. The van der Waals surface area contributed by atoms with E-state index < -0.39 is 5.97 Å². The van der Waals surface area contributed by atoms with Crippen molar-refractivity contribution in [3.63, 3.8) is 0 Å². The van der Waals surface area contributed by atoms with Gasteiger partial charge in [0, 0.05) is 17.8 Å². The number of carboxylic acids is 1. The number of carboxylic acid groups (broad SMARTS) is 1. The first kappa shape index (κ1) is 15.2. The van der Waals surface area contributed by atoms with E-state index in [0.29, 0.717) is 18.5 Å². The lowest BCUT2D eigenvalue weighted by atomic mass is 10.0. The van der Waals surface area contributed by atoms with Crippen LogP contribution in [0.3, 0.4) is 0 Å². The molecule has 0 radical (unpaired) electrons. The Morgan fingerprint density at radius 1 is 1.29 bits per heavy atom. The van der Waals surface area contributed by atoms with Gasteiger partial charge >= 0.3 is 5.97 Å². The zero-order chi connectivity index (χ0) is 15.1. The summed E-state index contributed by atoms with van der Waals surface area (Å²) in [6.45, 7) is 0. The zero-order valence-corrected chi connectivity index (χ0v) is 12.2. The molecule has 0 spiro atoms. The number of amides is 1. The van der Waals surface area contributed by atoms with Crippen molar-refractivity contribution in [1.82, 2.24) is 10.3 Å². The fourth-order valence-corrected chi connectivity index (χ4v) is 2.54. The zero-order valence-electron chi connectivity index (χ0n) is 11.4. The number of hydrogen-bond donors (Lipinski definition) is 2. The van der Waals surface area contributed by atoms with Crippen molar-refractivity contribution >= 4 is 23.2 Å². The molecule has 2 rings (SSSR count). The minimum atomic E-state index is -0.865. The van der Waals surface area contributed by atoms with Crippen LogP contribution < -0.4 is 5.32 Å². The molecule has 2 N–H and O–H groups in total. The maximum Gasteiger partial charge on any atom is 0.303 e. The number of nitrogens with zero attached hydrogens (tertiary/aromatic N) is 1. The minimum absolute atomic E-state index is 0.0227. The van der Waals surface area contributed by atoms with E-state index in [9.17, 15) is 9.59 Å². The molecule has 110 valence electrons. The van der Waals surface area contributed by atoms with Crippen molar-refractivity contribution in [2.24, 2.45) is 0 Å². The molecule has 1 heterocycles. The van der Waals surface area contributed by atoms with Crippen LogP contribution in [0.1, 0.15) is 28.9 Å². The van der Waals surface area contributed by atoms with Gasteiger partial charge in [0.15, 0.2) is 0 Å². The largest absolute Gasteiger partial charge is 0.481 e. The van der Waals surface area contributed by atoms with Gasteiger partial charge in [0.25, 0.3) is 5.91 Å². The predicted molar refractivity (Wildman–Crippen MR) is 80.4 cm³/mol. The highest BCUT2D eigenvalue weighted by Crippen LogP contribution is 2.09. The molecule has 21 heavy (non-hydrogen) atoms. The molecule has 0 saturated carbocycles. The molecule has 2 aromatic rings. The Bertz CT molecular complexity index is 584. The third-order valence-corrected chi connectivity index (χ3v) is 3.62. The van der Waals surface area contributed by atoms with Crippen LogP contribution in [0.2, 0.25) is 0 Å². The monoisotopic (exact) mass is 304 g/mol. The molecule has 1 amide bonds. The second kappa shape index (κ2) is 7.54. The first-order chi connectivity index (χ1) is 10.1. The highest BCUT2D eigenvalue weighted by molar-refractivity contribution is 7.07. The van der Waals surface area contributed by atoms with Crippen LogP contribution in [0.5, 0.6) is 0 Å². The first-order valence-electron chi connectivity index (χ1n) is 6.60. The summed E-state index contributed by atoms with van der Waals surface area (Å²) in [5.41, 5.74) is 3.03. The normalized spacial score (nSPS) is 11.8. The van der Waals surface area contributed by atoms with Crippen LogP contribution in [0, 0.1) is 0 Å². The first-order valence-corrected chi connectivity index (χ1v) is 7.54. The van der Waals surface area contributed by atoms with E-state index >= 15 is 0 Å². The molecule has 0 aliphatic rings. The molecular weight excluding hydrogens is 288 g/mol. The van der Waals surface area contributed by atoms with Gasteiger partial charge in [0.05, 0.1) is 5.51 Å². The molecule has 5 nitrogen and oxygen atoms in total. The third-order valence-electron chi connectivity index (χ3n) is 3.03. The lowest BCUT2D eigenvalue weighted by Crippen LogP contribution is -2.37. The molecule has 1 unspecified atom stereocenters. The maximum absolute atomic E-state index is 12.0. The Kier molecular flexibility index (Phi) is 5.45. The van der Waals surface area contributed by atoms with Gasteiger partial charge in [-0.3, -0.25) is 9.59 Å². The number of carbonyl (C=O) groups excluding carboxylic acids is 1. The topological polar surface area (TPSA) is 79.3 Å². The van der Waals surface area contributed by atoms with Gasteiger partial charge in [-0.15, -0.1) is 11.3 Å². The Morgan fingerprint density at radius 3 is 2.67 bits per heavy atom. The number of thiazole rings is 1. The molecule has 6 heteroatoms. The summed E-state index contributed by atoms with van der Waals surface area (Å²) in [5, 5.41) is 13.4. The van der Waals surface area contributed by atoms with Crippen LogP contribution >= 0.6 is 11.3 Å². The quantitative estimate of drug-likeness (QED) is 0.823. The van der Waals surface area contributed by atoms with Crippen molar-refractivity contribution in [3.05, 3.63) is 52.5 Å². The Labute approximate surface area is 126 Å². The molecule has 0 aliphatic carbocycles. The molecule has 0 bridgehead atoms. The number of carbonyl (C=O) groups is 2. The van der Waals surface area contributed by atoms with Gasteiger partial charge in [-0.25, -0.2) is 4.98 Å². The third kappa shape index (κ3) is 5.00. The molecule has 0 saturated heterocycles. The van der Waals surface area contributed by atoms with Crippen LogP contribution in [0.15, 0.2) is 41.2 Å². The van der Waals surface area contributed by atoms with Gasteiger partial charge in [-0.2, -0.15) is 0 Å². The van der Waals surface area contributed by atoms with E-state index in [1.165, 1.54) is 11.3 Å². The summed E-state index contributed by atoms with van der Waals surface area (Å²) in [6.07, 6.45) is 1.01. The molecule has 0 aliphatic heterocycles. The van der Waals surface area contributed by atoms with Crippen LogP contribution in [-0.2, 0) is 11.2 Å². The minimum Gasteiger partial charge on any atom is -0.481 e. The highest BCUT2D eigenvalue weighted by atomic mass is 32.1. The average Bonchev–Trinajstić information content (AvgIpc) is 3.00.